The summed E-state index contributed by atoms with van der Waals surface area (Å²) in [5.74, 6) is 1.33. The molecule has 110 valence electrons. The smallest absolute Gasteiger partial charge is 0.229 e. The van der Waals surface area contributed by atoms with Crippen LogP contribution in [0.3, 0.4) is 0 Å². The molecule has 0 aliphatic carbocycles. The van der Waals surface area contributed by atoms with E-state index in [1.807, 2.05) is 30.3 Å². The largest absolute Gasteiger partial charge is 0.340 e. The van der Waals surface area contributed by atoms with E-state index < -0.39 is 0 Å². The number of aryl methyl sites for hydroxylation is 2. The minimum Gasteiger partial charge on any atom is -0.340 e. The average molecular weight is 290 g/mol. The average Bonchev–Trinajstić information content (AvgIpc) is 2.47. The second-order valence-corrected chi connectivity index (χ2v) is 5.25. The monoisotopic (exact) mass is 290 g/mol. The Morgan fingerprint density at radius 3 is 2.05 bits per heavy atom. The molecule has 0 amide bonds. The molecule has 0 spiro atoms. The Kier molecular flexibility index (Phi) is 4.01. The molecule has 0 aliphatic rings. The first-order valence-corrected chi connectivity index (χ1v) is 7.19. The Morgan fingerprint density at radius 2 is 1.41 bits per heavy atom. The van der Waals surface area contributed by atoms with E-state index in [1.54, 1.807) is 6.20 Å². The van der Waals surface area contributed by atoms with Crippen LogP contribution in [0.25, 0.3) is 0 Å². The van der Waals surface area contributed by atoms with Crippen molar-refractivity contribution in [3.05, 3.63) is 71.9 Å². The molecule has 0 radical (unpaired) electrons. The molecular weight excluding hydrogens is 272 g/mol. The van der Waals surface area contributed by atoms with Gasteiger partial charge in [0.05, 0.1) is 0 Å². The van der Waals surface area contributed by atoms with Gasteiger partial charge in [0, 0.05) is 17.6 Å². The van der Waals surface area contributed by atoms with Crippen molar-refractivity contribution < 1.29 is 0 Å². The first-order chi connectivity index (χ1) is 10.7. The van der Waals surface area contributed by atoms with Gasteiger partial charge >= 0.3 is 0 Å². The van der Waals surface area contributed by atoms with E-state index in [9.17, 15) is 0 Å². The third-order valence-electron chi connectivity index (χ3n) is 3.22. The molecule has 2 N–H and O–H groups in total. The SMILES string of the molecule is Cc1cccc(Nc2ccnc(Nc3cccc(C)c3)n2)c1. The van der Waals surface area contributed by atoms with E-state index in [-0.39, 0.29) is 0 Å². The van der Waals surface area contributed by atoms with Crippen LogP contribution in [0.5, 0.6) is 0 Å². The van der Waals surface area contributed by atoms with Crippen molar-refractivity contribution in [2.45, 2.75) is 13.8 Å². The third-order valence-corrected chi connectivity index (χ3v) is 3.22. The highest BCUT2D eigenvalue weighted by Crippen LogP contribution is 2.18. The molecule has 1 aromatic heterocycles. The molecule has 0 fully saturated rings. The van der Waals surface area contributed by atoms with Crippen molar-refractivity contribution in [1.82, 2.24) is 9.97 Å². The highest BCUT2D eigenvalue weighted by Gasteiger charge is 2.01. The van der Waals surface area contributed by atoms with E-state index in [0.717, 1.165) is 17.2 Å². The Morgan fingerprint density at radius 1 is 0.773 bits per heavy atom. The summed E-state index contributed by atoms with van der Waals surface area (Å²) in [6, 6.07) is 18.2. The van der Waals surface area contributed by atoms with E-state index in [2.05, 4.69) is 58.7 Å². The number of anilines is 4. The maximum Gasteiger partial charge on any atom is 0.229 e. The van der Waals surface area contributed by atoms with Crippen LogP contribution in [0.15, 0.2) is 60.8 Å². The summed E-state index contributed by atoms with van der Waals surface area (Å²) < 4.78 is 0. The fourth-order valence-electron chi connectivity index (χ4n) is 2.21. The fraction of sp³-hybridized carbons (Fsp3) is 0.111. The Hall–Kier alpha value is -2.88. The maximum atomic E-state index is 4.49. The lowest BCUT2D eigenvalue weighted by atomic mass is 10.2. The summed E-state index contributed by atoms with van der Waals surface area (Å²) in [6.07, 6.45) is 1.74. The quantitative estimate of drug-likeness (QED) is 0.738. The van der Waals surface area contributed by atoms with Crippen molar-refractivity contribution in [3.8, 4) is 0 Å². The molecule has 4 heteroatoms. The first kappa shape index (κ1) is 14.1. The molecule has 0 bridgehead atoms. The Balaban J connectivity index is 1.78. The number of nitrogens with one attached hydrogen (secondary N) is 2. The predicted molar refractivity (Wildman–Crippen MR) is 91.0 cm³/mol. The van der Waals surface area contributed by atoms with Gasteiger partial charge in [-0.2, -0.15) is 4.98 Å². The number of hydrogen-bond donors (Lipinski definition) is 2. The van der Waals surface area contributed by atoms with Crippen LogP contribution >= 0.6 is 0 Å². The van der Waals surface area contributed by atoms with Gasteiger partial charge in [0.15, 0.2) is 0 Å². The van der Waals surface area contributed by atoms with Gasteiger partial charge in [-0.15, -0.1) is 0 Å². The number of nitrogens with zero attached hydrogens (tertiary/aromatic N) is 2. The van der Waals surface area contributed by atoms with Gasteiger partial charge < -0.3 is 10.6 Å². The molecular formula is C18H18N4. The lowest BCUT2D eigenvalue weighted by Crippen LogP contribution is -2.00. The maximum absolute atomic E-state index is 4.49. The number of aromatic nitrogens is 2. The minimum atomic E-state index is 0.572. The van der Waals surface area contributed by atoms with Crippen LogP contribution in [0.2, 0.25) is 0 Å². The summed E-state index contributed by atoms with van der Waals surface area (Å²) in [6.45, 7) is 4.12. The lowest BCUT2D eigenvalue weighted by molar-refractivity contribution is 1.16. The summed E-state index contributed by atoms with van der Waals surface area (Å²) in [5.41, 5.74) is 4.39. The number of benzene rings is 2. The highest BCUT2D eigenvalue weighted by molar-refractivity contribution is 5.60. The van der Waals surface area contributed by atoms with Crippen molar-refractivity contribution in [2.24, 2.45) is 0 Å². The van der Waals surface area contributed by atoms with Gasteiger partial charge in [0.1, 0.15) is 5.82 Å². The van der Waals surface area contributed by atoms with E-state index in [1.165, 1.54) is 11.1 Å². The van der Waals surface area contributed by atoms with Crippen molar-refractivity contribution in [3.63, 3.8) is 0 Å². The standard InChI is InChI=1S/C18H18N4/c1-13-5-3-7-15(11-13)20-17-9-10-19-18(22-17)21-16-8-4-6-14(2)12-16/h3-12H,1-2H3,(H2,19,20,21,22). The molecule has 1 heterocycles. The van der Waals surface area contributed by atoms with Crippen LogP contribution in [0.4, 0.5) is 23.1 Å². The van der Waals surface area contributed by atoms with Crippen LogP contribution in [-0.4, -0.2) is 9.97 Å². The third kappa shape index (κ3) is 3.61. The molecule has 4 nitrogen and oxygen atoms in total. The summed E-state index contributed by atoms with van der Waals surface area (Å²) in [4.78, 5) is 8.75. The zero-order valence-corrected chi connectivity index (χ0v) is 12.7. The molecule has 3 aromatic rings. The number of hydrogen-bond acceptors (Lipinski definition) is 4. The van der Waals surface area contributed by atoms with Crippen molar-refractivity contribution in [1.29, 1.82) is 0 Å². The Labute approximate surface area is 130 Å². The second-order valence-electron chi connectivity index (χ2n) is 5.25. The summed E-state index contributed by atoms with van der Waals surface area (Å²) in [7, 11) is 0. The van der Waals surface area contributed by atoms with Crippen molar-refractivity contribution >= 4 is 23.1 Å². The van der Waals surface area contributed by atoms with Crippen LogP contribution in [0, 0.1) is 13.8 Å². The fourth-order valence-corrected chi connectivity index (χ4v) is 2.21. The van der Waals surface area contributed by atoms with E-state index in [0.29, 0.717) is 5.95 Å². The summed E-state index contributed by atoms with van der Waals surface area (Å²) in [5, 5.41) is 6.51. The lowest BCUT2D eigenvalue weighted by Gasteiger charge is -2.09. The van der Waals surface area contributed by atoms with E-state index >= 15 is 0 Å². The predicted octanol–water partition coefficient (Wildman–Crippen LogP) is 4.58. The zero-order chi connectivity index (χ0) is 15.4. The van der Waals surface area contributed by atoms with Gasteiger partial charge in [-0.1, -0.05) is 24.3 Å². The first-order valence-electron chi connectivity index (χ1n) is 7.19. The van der Waals surface area contributed by atoms with Gasteiger partial charge in [0.25, 0.3) is 0 Å². The topological polar surface area (TPSA) is 49.8 Å². The number of rotatable bonds is 4. The zero-order valence-electron chi connectivity index (χ0n) is 12.7. The molecule has 0 atom stereocenters. The van der Waals surface area contributed by atoms with Gasteiger partial charge in [-0.25, -0.2) is 4.98 Å². The van der Waals surface area contributed by atoms with Gasteiger partial charge in [-0.3, -0.25) is 0 Å². The Bertz CT molecular complexity index is 721. The highest BCUT2D eigenvalue weighted by atomic mass is 15.1. The minimum absolute atomic E-state index is 0.572. The normalized spacial score (nSPS) is 10.3. The van der Waals surface area contributed by atoms with Crippen LogP contribution in [0.1, 0.15) is 11.1 Å². The molecule has 0 unspecified atom stereocenters. The molecule has 0 saturated heterocycles. The van der Waals surface area contributed by atoms with Crippen molar-refractivity contribution in [2.75, 3.05) is 10.6 Å². The van der Waals surface area contributed by atoms with Gasteiger partial charge in [-0.05, 0) is 55.3 Å². The van der Waals surface area contributed by atoms with Gasteiger partial charge in [0.2, 0.25) is 5.95 Å². The molecule has 22 heavy (non-hydrogen) atoms. The van der Waals surface area contributed by atoms with Crippen LogP contribution in [-0.2, 0) is 0 Å². The van der Waals surface area contributed by atoms with E-state index in [4.69, 9.17) is 0 Å². The second kappa shape index (κ2) is 6.26. The summed E-state index contributed by atoms with van der Waals surface area (Å²) >= 11 is 0. The van der Waals surface area contributed by atoms with Crippen LogP contribution < -0.4 is 10.6 Å². The molecule has 2 aromatic carbocycles. The molecule has 0 aliphatic heterocycles. The molecule has 3 rings (SSSR count). The molecule has 0 saturated carbocycles.